The van der Waals surface area contributed by atoms with Gasteiger partial charge in [0, 0.05) is 23.3 Å². The van der Waals surface area contributed by atoms with E-state index in [0.29, 0.717) is 34.8 Å². The van der Waals surface area contributed by atoms with Gasteiger partial charge in [-0.05, 0) is 111 Å². The molecule has 0 aliphatic rings. The third kappa shape index (κ3) is 7.97. The zero-order valence-corrected chi connectivity index (χ0v) is 30.4. The summed E-state index contributed by atoms with van der Waals surface area (Å²) < 4.78 is 35.4. The number of aromatic nitrogens is 2. The molecule has 0 spiro atoms. The number of ketones is 1. The summed E-state index contributed by atoms with van der Waals surface area (Å²) in [6.07, 6.45) is -0.667. The highest BCUT2D eigenvalue weighted by atomic mass is 16.5. The topological polar surface area (TPSA) is 147 Å². The second-order valence-corrected chi connectivity index (χ2v) is 13.2. The summed E-state index contributed by atoms with van der Waals surface area (Å²) >= 11 is 0. The first-order valence-electron chi connectivity index (χ1n) is 18.0. The van der Waals surface area contributed by atoms with Crippen molar-refractivity contribution in [3.05, 3.63) is 145 Å². The van der Waals surface area contributed by atoms with Crippen molar-refractivity contribution in [1.29, 1.82) is 0 Å². The summed E-state index contributed by atoms with van der Waals surface area (Å²) in [4.78, 5) is 22.4. The molecule has 0 radical (unpaired) electrons. The smallest absolute Gasteiger partial charge is 0.227 e. The van der Waals surface area contributed by atoms with Gasteiger partial charge in [-0.3, -0.25) is 4.79 Å². The zero-order chi connectivity index (χ0) is 38.6. The summed E-state index contributed by atoms with van der Waals surface area (Å²) in [5.74, 6) is 1.91. The molecule has 0 amide bonds. The maximum absolute atomic E-state index is 13.3. The van der Waals surface area contributed by atoms with Gasteiger partial charge in [-0.2, -0.15) is 0 Å². The predicted octanol–water partition coefficient (Wildman–Crippen LogP) is 9.64. The minimum atomic E-state index is -0.561. The minimum Gasteiger partial charge on any atom is -0.507 e. The Kier molecular flexibility index (Phi) is 9.96. The molecule has 0 saturated carbocycles. The van der Waals surface area contributed by atoms with Crippen LogP contribution in [-0.4, -0.2) is 51.4 Å². The van der Waals surface area contributed by atoms with E-state index in [2.05, 4.69) is 9.97 Å². The van der Waals surface area contributed by atoms with Gasteiger partial charge in [-0.25, -0.2) is 9.97 Å². The van der Waals surface area contributed by atoms with Crippen LogP contribution in [0.3, 0.4) is 0 Å². The number of para-hydroxylation sites is 4. The molecule has 0 saturated heterocycles. The molecule has 6 aromatic carbocycles. The van der Waals surface area contributed by atoms with Crippen molar-refractivity contribution in [3.63, 3.8) is 0 Å². The van der Waals surface area contributed by atoms with E-state index in [1.165, 1.54) is 24.3 Å². The van der Waals surface area contributed by atoms with Gasteiger partial charge in [0.05, 0.1) is 11.1 Å². The van der Waals surface area contributed by atoms with Crippen molar-refractivity contribution < 1.29 is 42.8 Å². The summed E-state index contributed by atoms with van der Waals surface area (Å²) in [7, 11) is 0. The first-order chi connectivity index (χ1) is 27.3. The molecule has 0 fully saturated rings. The minimum absolute atomic E-state index is 0.00814. The first kappa shape index (κ1) is 35.7. The monoisotopic (exact) mass is 748 g/mol. The molecule has 2 atom stereocenters. The lowest BCUT2D eigenvalue weighted by atomic mass is 10.0. The van der Waals surface area contributed by atoms with Crippen molar-refractivity contribution >= 4 is 28.0 Å². The molecule has 2 unspecified atom stereocenters. The molecule has 0 bridgehead atoms. The Morgan fingerprint density at radius 1 is 0.554 bits per heavy atom. The molecule has 11 nitrogen and oxygen atoms in total. The Morgan fingerprint density at radius 2 is 0.946 bits per heavy atom. The highest BCUT2D eigenvalue weighted by molar-refractivity contribution is 6.12. The molecule has 280 valence electrons. The molecular formula is C45H36N2O9. The van der Waals surface area contributed by atoms with Crippen LogP contribution in [0.25, 0.3) is 45.1 Å². The average Bonchev–Trinajstić information content (AvgIpc) is 3.85. The van der Waals surface area contributed by atoms with E-state index in [-0.39, 0.29) is 48.0 Å². The van der Waals surface area contributed by atoms with Crippen LogP contribution in [0.1, 0.15) is 29.8 Å². The van der Waals surface area contributed by atoms with E-state index in [4.69, 9.17) is 27.8 Å². The lowest BCUT2D eigenvalue weighted by Crippen LogP contribution is -2.21. The lowest BCUT2D eigenvalue weighted by Gasteiger charge is -2.17. The number of oxazole rings is 2. The SMILES string of the molecule is CC(COc1ccc(C(=O)c2ccc(OCC(C)Oc3ccc(-c4nc5ccccc5o4)cc3)cc2O)c(O)c1)Oc1ccc(-c2nc3ccccc3o2)cc1. The molecule has 8 aromatic rings. The number of nitrogens with zero attached hydrogens (tertiary/aromatic N) is 2. The highest BCUT2D eigenvalue weighted by Gasteiger charge is 2.19. The first-order valence-corrected chi connectivity index (χ1v) is 18.0. The fourth-order valence-electron chi connectivity index (χ4n) is 6.03. The predicted molar refractivity (Wildman–Crippen MR) is 210 cm³/mol. The van der Waals surface area contributed by atoms with Gasteiger partial charge in [0.2, 0.25) is 11.8 Å². The summed E-state index contributed by atoms with van der Waals surface area (Å²) in [5.41, 5.74) is 4.70. The number of phenols is 2. The summed E-state index contributed by atoms with van der Waals surface area (Å²) in [6.45, 7) is 4.08. The number of aromatic hydroxyl groups is 2. The van der Waals surface area contributed by atoms with E-state index < -0.39 is 5.78 Å². The second kappa shape index (κ2) is 15.6. The molecule has 0 aliphatic carbocycles. The fourth-order valence-corrected chi connectivity index (χ4v) is 6.03. The van der Waals surface area contributed by atoms with Gasteiger partial charge in [0.15, 0.2) is 16.9 Å². The Labute approximate surface area is 321 Å². The number of carbonyl (C=O) groups excluding carboxylic acids is 1. The number of fused-ring (bicyclic) bond motifs is 2. The van der Waals surface area contributed by atoms with Gasteiger partial charge in [0.25, 0.3) is 0 Å². The number of rotatable bonds is 14. The lowest BCUT2D eigenvalue weighted by molar-refractivity contribution is 0.103. The van der Waals surface area contributed by atoms with Gasteiger partial charge < -0.3 is 38.0 Å². The highest BCUT2D eigenvalue weighted by Crippen LogP contribution is 2.32. The summed E-state index contributed by atoms with van der Waals surface area (Å²) in [5, 5.41) is 21.5. The van der Waals surface area contributed by atoms with Crippen LogP contribution in [0.2, 0.25) is 0 Å². The van der Waals surface area contributed by atoms with Gasteiger partial charge in [-0.1, -0.05) is 24.3 Å². The number of benzene rings is 6. The zero-order valence-electron chi connectivity index (χ0n) is 30.4. The van der Waals surface area contributed by atoms with Crippen molar-refractivity contribution in [2.75, 3.05) is 13.2 Å². The molecule has 2 aromatic heterocycles. The number of carbonyl (C=O) groups is 1. The number of hydrogen-bond donors (Lipinski definition) is 2. The normalized spacial score (nSPS) is 12.3. The van der Waals surface area contributed by atoms with Gasteiger partial charge in [-0.15, -0.1) is 0 Å². The largest absolute Gasteiger partial charge is 0.507 e. The van der Waals surface area contributed by atoms with Crippen molar-refractivity contribution in [2.45, 2.75) is 26.1 Å². The summed E-state index contributed by atoms with van der Waals surface area (Å²) in [6, 6.07) is 38.8. The number of ether oxygens (including phenoxy) is 4. The Bertz CT molecular complexity index is 2380. The molecule has 2 heterocycles. The van der Waals surface area contributed by atoms with Gasteiger partial charge >= 0.3 is 0 Å². The maximum atomic E-state index is 13.3. The standard InChI is InChI=1S/C45H36N2O9/c1-27(53-31-15-11-29(12-16-31)44-46-37-7-3-5-9-41(37)55-44)25-51-33-19-21-35(39(48)23-33)43(50)36-22-20-34(24-40(36)49)52-26-28(2)54-32-17-13-30(14-18-32)45-47-38-8-4-6-10-42(38)56-45/h3-24,27-28,48-49H,25-26H2,1-2H3. The van der Waals surface area contributed by atoms with Crippen molar-refractivity contribution in [2.24, 2.45) is 0 Å². The van der Waals surface area contributed by atoms with Crippen molar-refractivity contribution in [1.82, 2.24) is 9.97 Å². The van der Waals surface area contributed by atoms with Crippen LogP contribution >= 0.6 is 0 Å². The second-order valence-electron chi connectivity index (χ2n) is 13.2. The molecular weight excluding hydrogens is 712 g/mol. The van der Waals surface area contributed by atoms with E-state index in [0.717, 1.165) is 33.3 Å². The van der Waals surface area contributed by atoms with Crippen LogP contribution in [-0.2, 0) is 0 Å². The molecule has 2 N–H and O–H groups in total. The van der Waals surface area contributed by atoms with Crippen molar-refractivity contribution in [3.8, 4) is 57.4 Å². The van der Waals surface area contributed by atoms with E-state index in [1.807, 2.05) is 111 Å². The van der Waals surface area contributed by atoms with Gasteiger partial charge in [0.1, 0.15) is 71.0 Å². The van der Waals surface area contributed by atoms with E-state index >= 15 is 0 Å². The van der Waals surface area contributed by atoms with E-state index in [1.54, 1.807) is 12.1 Å². The third-order valence-electron chi connectivity index (χ3n) is 8.86. The molecule has 8 rings (SSSR count). The maximum Gasteiger partial charge on any atom is 0.227 e. The molecule has 11 heteroatoms. The Morgan fingerprint density at radius 3 is 1.34 bits per heavy atom. The Hall–Kier alpha value is -7.27. The number of phenolic OH excluding ortho intramolecular Hbond substituents is 2. The van der Waals surface area contributed by atoms with Crippen LogP contribution < -0.4 is 18.9 Å². The number of hydrogen-bond acceptors (Lipinski definition) is 11. The quantitative estimate of drug-likeness (QED) is 0.103. The third-order valence-corrected chi connectivity index (χ3v) is 8.86. The van der Waals surface area contributed by atoms with E-state index in [9.17, 15) is 15.0 Å². The Balaban J connectivity index is 0.810. The average molecular weight is 749 g/mol. The molecule has 56 heavy (non-hydrogen) atoms. The fraction of sp³-hybridized carbons (Fsp3) is 0.133. The van der Waals surface area contributed by atoms with Crippen LogP contribution in [0.5, 0.6) is 34.5 Å². The van der Waals surface area contributed by atoms with Crippen LogP contribution in [0.15, 0.2) is 142 Å². The van der Waals surface area contributed by atoms with Crippen LogP contribution in [0, 0.1) is 0 Å². The van der Waals surface area contributed by atoms with Crippen LogP contribution in [0.4, 0.5) is 0 Å². The molecule has 0 aliphatic heterocycles.